The molecule has 1 atom stereocenters. The number of nitrogens with zero attached hydrogens (tertiary/aromatic N) is 1. The smallest absolute Gasteiger partial charge is 0.223 e. The van der Waals surface area contributed by atoms with Gasteiger partial charge in [-0.05, 0) is 38.0 Å². The Bertz CT molecular complexity index is 436. The van der Waals surface area contributed by atoms with Crippen LogP contribution in [0.15, 0.2) is 24.3 Å². The second-order valence-corrected chi connectivity index (χ2v) is 5.22. The summed E-state index contributed by atoms with van der Waals surface area (Å²) in [7, 11) is 0. The molecule has 0 unspecified atom stereocenters. The zero-order valence-corrected chi connectivity index (χ0v) is 13.6. The molecule has 0 radical (unpaired) electrons. The predicted molar refractivity (Wildman–Crippen MR) is 87.2 cm³/mol. The topological polar surface area (TPSA) is 41.6 Å². The maximum absolute atomic E-state index is 12.2. The van der Waals surface area contributed by atoms with Crippen molar-refractivity contribution < 1.29 is 9.53 Å². The molecule has 1 amide bonds. The number of nitrogens with one attached hydrogen (secondary N) is 1. The minimum Gasteiger partial charge on any atom is -0.494 e. The lowest BCUT2D eigenvalue weighted by atomic mass is 10.1. The highest BCUT2D eigenvalue weighted by atomic mass is 35.5. The van der Waals surface area contributed by atoms with Gasteiger partial charge in [0.1, 0.15) is 5.75 Å². The lowest BCUT2D eigenvalue weighted by Crippen LogP contribution is -2.52. The van der Waals surface area contributed by atoms with Crippen molar-refractivity contribution in [2.75, 3.05) is 26.2 Å². The first-order valence-corrected chi connectivity index (χ1v) is 7.42. The summed E-state index contributed by atoms with van der Waals surface area (Å²) in [5.74, 6) is 1.14. The summed E-state index contributed by atoms with van der Waals surface area (Å²) in [6.45, 7) is 7.37. The van der Waals surface area contributed by atoms with Gasteiger partial charge in [0.2, 0.25) is 5.91 Å². The number of halogens is 1. The molecule has 5 heteroatoms. The second kappa shape index (κ2) is 8.90. The quantitative estimate of drug-likeness (QED) is 0.907. The van der Waals surface area contributed by atoms with Crippen molar-refractivity contribution in [2.45, 2.75) is 32.7 Å². The Morgan fingerprint density at radius 3 is 2.71 bits per heavy atom. The van der Waals surface area contributed by atoms with Crippen molar-refractivity contribution in [1.82, 2.24) is 10.2 Å². The van der Waals surface area contributed by atoms with E-state index in [1.165, 1.54) is 5.56 Å². The van der Waals surface area contributed by atoms with E-state index in [4.69, 9.17) is 4.74 Å². The van der Waals surface area contributed by atoms with Crippen molar-refractivity contribution >= 4 is 18.3 Å². The van der Waals surface area contributed by atoms with Crippen LogP contribution in [0.4, 0.5) is 0 Å². The van der Waals surface area contributed by atoms with Gasteiger partial charge in [-0.25, -0.2) is 0 Å². The Kier molecular flexibility index (Phi) is 7.54. The predicted octanol–water partition coefficient (Wildman–Crippen LogP) is 2.26. The van der Waals surface area contributed by atoms with Gasteiger partial charge in [0.05, 0.1) is 6.61 Å². The number of carbonyl (C=O) groups excluding carboxylic acids is 1. The third kappa shape index (κ3) is 5.21. The van der Waals surface area contributed by atoms with E-state index in [-0.39, 0.29) is 18.3 Å². The summed E-state index contributed by atoms with van der Waals surface area (Å²) in [5, 5.41) is 3.30. The van der Waals surface area contributed by atoms with Gasteiger partial charge in [0.25, 0.3) is 0 Å². The molecule has 2 rings (SSSR count). The number of carbonyl (C=O) groups is 1. The first-order chi connectivity index (χ1) is 9.70. The number of piperazine rings is 1. The first-order valence-electron chi connectivity index (χ1n) is 7.42. The second-order valence-electron chi connectivity index (χ2n) is 5.22. The maximum atomic E-state index is 12.2. The largest absolute Gasteiger partial charge is 0.494 e. The SMILES string of the molecule is CCOc1ccc(CCC(=O)N2CCNC[C@H]2C)cc1.Cl. The van der Waals surface area contributed by atoms with Gasteiger partial charge in [-0.15, -0.1) is 12.4 Å². The Labute approximate surface area is 133 Å². The first kappa shape index (κ1) is 17.8. The summed E-state index contributed by atoms with van der Waals surface area (Å²) in [5.41, 5.74) is 1.18. The molecule has 118 valence electrons. The Balaban J connectivity index is 0.00000220. The highest BCUT2D eigenvalue weighted by molar-refractivity contribution is 5.85. The van der Waals surface area contributed by atoms with Crippen LogP contribution in [0.5, 0.6) is 5.75 Å². The van der Waals surface area contributed by atoms with Gasteiger partial charge in [-0.3, -0.25) is 4.79 Å². The monoisotopic (exact) mass is 312 g/mol. The van der Waals surface area contributed by atoms with E-state index in [1.54, 1.807) is 0 Å². The van der Waals surface area contributed by atoms with Gasteiger partial charge >= 0.3 is 0 Å². The summed E-state index contributed by atoms with van der Waals surface area (Å²) < 4.78 is 5.41. The molecule has 0 aromatic heterocycles. The zero-order valence-electron chi connectivity index (χ0n) is 12.8. The summed E-state index contributed by atoms with van der Waals surface area (Å²) in [6.07, 6.45) is 1.38. The molecule has 1 aromatic rings. The summed E-state index contributed by atoms with van der Waals surface area (Å²) in [6, 6.07) is 8.32. The summed E-state index contributed by atoms with van der Waals surface area (Å²) in [4.78, 5) is 14.2. The van der Waals surface area contributed by atoms with Gasteiger partial charge < -0.3 is 15.0 Å². The number of amides is 1. The standard InChI is InChI=1S/C16H24N2O2.ClH/c1-3-20-15-7-4-14(5-8-15)6-9-16(19)18-11-10-17-12-13(18)2;/h4-5,7-8,13,17H,3,6,9-12H2,1-2H3;1H/t13-;/m1./s1. The third-order valence-electron chi connectivity index (χ3n) is 3.68. The van der Waals surface area contributed by atoms with E-state index in [9.17, 15) is 4.79 Å². The molecule has 1 fully saturated rings. The highest BCUT2D eigenvalue weighted by Gasteiger charge is 2.22. The number of hydrogen-bond donors (Lipinski definition) is 1. The van der Waals surface area contributed by atoms with E-state index in [1.807, 2.05) is 36.1 Å². The third-order valence-corrected chi connectivity index (χ3v) is 3.68. The van der Waals surface area contributed by atoms with Gasteiger partial charge in [-0.1, -0.05) is 12.1 Å². The lowest BCUT2D eigenvalue weighted by Gasteiger charge is -2.34. The van der Waals surface area contributed by atoms with E-state index < -0.39 is 0 Å². The molecule has 1 aliphatic rings. The average Bonchev–Trinajstić information content (AvgIpc) is 2.47. The average molecular weight is 313 g/mol. The molecule has 0 bridgehead atoms. The minimum absolute atomic E-state index is 0. The molecule has 1 saturated heterocycles. The molecule has 0 aliphatic carbocycles. The van der Waals surface area contributed by atoms with Crippen molar-refractivity contribution in [3.8, 4) is 5.75 Å². The normalized spacial score (nSPS) is 18.0. The van der Waals surface area contributed by atoms with E-state index in [0.717, 1.165) is 31.8 Å². The minimum atomic E-state index is 0. The fourth-order valence-electron chi connectivity index (χ4n) is 2.53. The van der Waals surface area contributed by atoms with E-state index in [2.05, 4.69) is 12.2 Å². The summed E-state index contributed by atoms with van der Waals surface area (Å²) >= 11 is 0. The van der Waals surface area contributed by atoms with Crippen molar-refractivity contribution in [3.05, 3.63) is 29.8 Å². The fourth-order valence-corrected chi connectivity index (χ4v) is 2.53. The Morgan fingerprint density at radius 2 is 2.10 bits per heavy atom. The number of aryl methyl sites for hydroxylation is 1. The van der Waals surface area contributed by atoms with E-state index in [0.29, 0.717) is 19.1 Å². The van der Waals surface area contributed by atoms with Crippen LogP contribution < -0.4 is 10.1 Å². The maximum Gasteiger partial charge on any atom is 0.223 e. The zero-order chi connectivity index (χ0) is 14.4. The van der Waals surface area contributed by atoms with Gasteiger partial charge in [0.15, 0.2) is 0 Å². The fraction of sp³-hybridized carbons (Fsp3) is 0.562. The van der Waals surface area contributed by atoms with Gasteiger partial charge in [0, 0.05) is 32.1 Å². The van der Waals surface area contributed by atoms with Crippen LogP contribution in [0.2, 0.25) is 0 Å². The van der Waals surface area contributed by atoms with Crippen LogP contribution in [-0.4, -0.2) is 43.1 Å². The van der Waals surface area contributed by atoms with Crippen molar-refractivity contribution in [2.24, 2.45) is 0 Å². The number of rotatable bonds is 5. The van der Waals surface area contributed by atoms with Crippen molar-refractivity contribution in [1.29, 1.82) is 0 Å². The van der Waals surface area contributed by atoms with Crippen LogP contribution in [0, 0.1) is 0 Å². The molecular weight excluding hydrogens is 288 g/mol. The molecule has 1 aliphatic heterocycles. The van der Waals surface area contributed by atoms with E-state index >= 15 is 0 Å². The molecule has 21 heavy (non-hydrogen) atoms. The number of benzene rings is 1. The Morgan fingerprint density at radius 1 is 1.38 bits per heavy atom. The van der Waals surface area contributed by atoms with Crippen LogP contribution in [-0.2, 0) is 11.2 Å². The number of ether oxygens (including phenoxy) is 1. The molecule has 1 heterocycles. The molecule has 1 aromatic carbocycles. The highest BCUT2D eigenvalue weighted by Crippen LogP contribution is 2.14. The molecular formula is C16H25ClN2O2. The van der Waals surface area contributed by atoms with Crippen LogP contribution >= 0.6 is 12.4 Å². The Hall–Kier alpha value is -1.26. The van der Waals surface area contributed by atoms with Gasteiger partial charge in [-0.2, -0.15) is 0 Å². The molecule has 0 spiro atoms. The van der Waals surface area contributed by atoms with Crippen LogP contribution in [0.3, 0.4) is 0 Å². The van der Waals surface area contributed by atoms with Crippen molar-refractivity contribution in [3.63, 3.8) is 0 Å². The molecule has 0 saturated carbocycles. The molecule has 4 nitrogen and oxygen atoms in total. The number of hydrogen-bond acceptors (Lipinski definition) is 3. The van der Waals surface area contributed by atoms with Crippen LogP contribution in [0.1, 0.15) is 25.8 Å². The molecule has 1 N–H and O–H groups in total. The van der Waals surface area contributed by atoms with Crippen LogP contribution in [0.25, 0.3) is 0 Å². The lowest BCUT2D eigenvalue weighted by molar-refractivity contribution is -0.133.